The lowest BCUT2D eigenvalue weighted by Gasteiger charge is -2.08. The number of hydrogen-bond donors (Lipinski definition) is 0. The van der Waals surface area contributed by atoms with E-state index in [0.717, 1.165) is 33.9 Å². The maximum Gasteiger partial charge on any atom is 0.336 e. The van der Waals surface area contributed by atoms with Crippen LogP contribution in [0.25, 0.3) is 21.7 Å². The molecule has 0 aliphatic rings. The largest absolute Gasteiger partial charge is 0.494 e. The molecule has 0 saturated carbocycles. The number of ether oxygens (including phenoxy) is 1. The Balaban J connectivity index is 2.08. The van der Waals surface area contributed by atoms with Crippen molar-refractivity contribution in [2.24, 2.45) is 0 Å². The van der Waals surface area contributed by atoms with E-state index < -0.39 is 0 Å². The molecule has 0 atom stereocenters. The minimum Gasteiger partial charge on any atom is -0.494 e. The van der Waals surface area contributed by atoms with Crippen molar-refractivity contribution in [3.63, 3.8) is 0 Å². The number of fused-ring (bicyclic) bond motifs is 2. The molecule has 4 heteroatoms. The Morgan fingerprint density at radius 3 is 2.81 bits per heavy atom. The molecule has 0 radical (unpaired) electrons. The number of alkyl halides is 1. The number of benzene rings is 2. The SMILES string of the molecule is Cc1cc(=O)oc2cc3cc(OCCCCl)ccc3cc12. The first-order chi connectivity index (χ1) is 10.2. The zero-order valence-corrected chi connectivity index (χ0v) is 12.4. The first-order valence-electron chi connectivity index (χ1n) is 6.84. The summed E-state index contributed by atoms with van der Waals surface area (Å²) in [6, 6.07) is 11.3. The van der Waals surface area contributed by atoms with Crippen LogP contribution in [0.15, 0.2) is 45.6 Å². The molecule has 3 nitrogen and oxygen atoms in total. The van der Waals surface area contributed by atoms with Crippen LogP contribution in [0.3, 0.4) is 0 Å². The third-order valence-corrected chi connectivity index (χ3v) is 3.69. The third-order valence-electron chi connectivity index (χ3n) is 3.43. The van der Waals surface area contributed by atoms with E-state index in [-0.39, 0.29) is 5.63 Å². The van der Waals surface area contributed by atoms with Gasteiger partial charge >= 0.3 is 5.63 Å². The summed E-state index contributed by atoms with van der Waals surface area (Å²) in [6.07, 6.45) is 0.811. The van der Waals surface area contributed by atoms with E-state index in [9.17, 15) is 4.79 Å². The zero-order chi connectivity index (χ0) is 14.8. The van der Waals surface area contributed by atoms with Crippen LogP contribution in [-0.2, 0) is 0 Å². The molecule has 0 aliphatic heterocycles. The molecule has 0 N–H and O–H groups in total. The second kappa shape index (κ2) is 5.78. The Bertz CT molecular complexity index is 852. The van der Waals surface area contributed by atoms with Crippen molar-refractivity contribution in [3.8, 4) is 5.75 Å². The molecule has 1 heterocycles. The monoisotopic (exact) mass is 302 g/mol. The van der Waals surface area contributed by atoms with Crippen molar-refractivity contribution in [1.29, 1.82) is 0 Å². The molecule has 3 rings (SSSR count). The van der Waals surface area contributed by atoms with Gasteiger partial charge in [0, 0.05) is 17.3 Å². The van der Waals surface area contributed by atoms with Gasteiger partial charge in [-0.2, -0.15) is 0 Å². The molecule has 0 unspecified atom stereocenters. The maximum atomic E-state index is 11.5. The van der Waals surface area contributed by atoms with Crippen LogP contribution in [0.2, 0.25) is 0 Å². The number of hydrogen-bond acceptors (Lipinski definition) is 3. The van der Waals surface area contributed by atoms with E-state index >= 15 is 0 Å². The average Bonchev–Trinajstić information content (AvgIpc) is 2.45. The first kappa shape index (κ1) is 14.0. The van der Waals surface area contributed by atoms with E-state index in [1.165, 1.54) is 6.07 Å². The highest BCUT2D eigenvalue weighted by Crippen LogP contribution is 2.27. The first-order valence-corrected chi connectivity index (χ1v) is 7.38. The summed E-state index contributed by atoms with van der Waals surface area (Å²) in [6.45, 7) is 2.51. The van der Waals surface area contributed by atoms with Crippen molar-refractivity contribution >= 4 is 33.3 Å². The summed E-state index contributed by atoms with van der Waals surface area (Å²) < 4.78 is 10.9. The minimum absolute atomic E-state index is 0.325. The molecule has 0 fully saturated rings. The van der Waals surface area contributed by atoms with Gasteiger partial charge in [-0.15, -0.1) is 11.6 Å². The maximum absolute atomic E-state index is 11.5. The molecule has 1 aromatic heterocycles. The second-order valence-electron chi connectivity index (χ2n) is 5.00. The highest BCUT2D eigenvalue weighted by atomic mass is 35.5. The van der Waals surface area contributed by atoms with Gasteiger partial charge in [0.1, 0.15) is 11.3 Å². The van der Waals surface area contributed by atoms with Gasteiger partial charge in [-0.05, 0) is 53.9 Å². The highest BCUT2D eigenvalue weighted by Gasteiger charge is 2.05. The zero-order valence-electron chi connectivity index (χ0n) is 11.7. The fourth-order valence-electron chi connectivity index (χ4n) is 2.37. The van der Waals surface area contributed by atoms with Crippen molar-refractivity contribution < 1.29 is 9.15 Å². The molecule has 0 saturated heterocycles. The van der Waals surface area contributed by atoms with Gasteiger partial charge in [0.15, 0.2) is 0 Å². The lowest BCUT2D eigenvalue weighted by atomic mass is 10.0. The smallest absolute Gasteiger partial charge is 0.336 e. The van der Waals surface area contributed by atoms with Gasteiger partial charge in [0.05, 0.1) is 6.61 Å². The summed E-state index contributed by atoms with van der Waals surface area (Å²) in [5, 5.41) is 3.03. The van der Waals surface area contributed by atoms with E-state index in [4.69, 9.17) is 20.8 Å². The molecule has 0 aliphatic carbocycles. The van der Waals surface area contributed by atoms with Gasteiger partial charge in [-0.1, -0.05) is 6.07 Å². The van der Waals surface area contributed by atoms with Crippen LogP contribution >= 0.6 is 11.6 Å². The van der Waals surface area contributed by atoms with Crippen LogP contribution in [-0.4, -0.2) is 12.5 Å². The Morgan fingerprint density at radius 2 is 2.00 bits per heavy atom. The van der Waals surface area contributed by atoms with E-state index in [2.05, 4.69) is 0 Å². The van der Waals surface area contributed by atoms with Gasteiger partial charge in [0.25, 0.3) is 0 Å². The van der Waals surface area contributed by atoms with Gasteiger partial charge in [-0.3, -0.25) is 0 Å². The third kappa shape index (κ3) is 2.88. The van der Waals surface area contributed by atoms with E-state index in [0.29, 0.717) is 18.1 Å². The summed E-state index contributed by atoms with van der Waals surface area (Å²) in [5.41, 5.74) is 1.20. The van der Waals surface area contributed by atoms with Gasteiger partial charge in [-0.25, -0.2) is 4.79 Å². The predicted molar refractivity (Wildman–Crippen MR) is 85.6 cm³/mol. The van der Waals surface area contributed by atoms with Crippen LogP contribution in [0.4, 0.5) is 0 Å². The Hall–Kier alpha value is -2.00. The summed E-state index contributed by atoms with van der Waals surface area (Å²) >= 11 is 5.64. The van der Waals surface area contributed by atoms with Crippen LogP contribution in [0.5, 0.6) is 5.75 Å². The van der Waals surface area contributed by atoms with Crippen molar-refractivity contribution in [2.45, 2.75) is 13.3 Å². The van der Waals surface area contributed by atoms with Crippen LogP contribution in [0, 0.1) is 6.92 Å². The predicted octanol–water partition coefficient (Wildman–Crippen LogP) is 4.26. The molecule has 108 valence electrons. The lowest BCUT2D eigenvalue weighted by molar-refractivity contribution is 0.319. The lowest BCUT2D eigenvalue weighted by Crippen LogP contribution is -1.98. The van der Waals surface area contributed by atoms with Gasteiger partial charge in [0.2, 0.25) is 0 Å². The molecule has 0 amide bonds. The Morgan fingerprint density at radius 1 is 1.14 bits per heavy atom. The highest BCUT2D eigenvalue weighted by molar-refractivity contribution is 6.17. The Kier molecular flexibility index (Phi) is 3.84. The van der Waals surface area contributed by atoms with E-state index in [1.807, 2.05) is 37.3 Å². The number of halogens is 1. The van der Waals surface area contributed by atoms with Gasteiger partial charge < -0.3 is 9.15 Å². The summed E-state index contributed by atoms with van der Waals surface area (Å²) in [4.78, 5) is 11.5. The molecule has 0 spiro atoms. The van der Waals surface area contributed by atoms with Crippen molar-refractivity contribution in [2.75, 3.05) is 12.5 Å². The minimum atomic E-state index is -0.325. The Labute approximate surface area is 127 Å². The number of rotatable bonds is 4. The average molecular weight is 303 g/mol. The molecule has 0 bridgehead atoms. The fourth-order valence-corrected chi connectivity index (χ4v) is 2.48. The molecular weight excluding hydrogens is 288 g/mol. The van der Waals surface area contributed by atoms with Crippen molar-refractivity contribution in [1.82, 2.24) is 0 Å². The normalized spacial score (nSPS) is 11.1. The summed E-state index contributed by atoms with van der Waals surface area (Å²) in [5.74, 6) is 1.38. The molecule has 3 aromatic rings. The second-order valence-corrected chi connectivity index (χ2v) is 5.37. The molecule has 21 heavy (non-hydrogen) atoms. The van der Waals surface area contributed by atoms with Crippen LogP contribution < -0.4 is 10.4 Å². The summed E-state index contributed by atoms with van der Waals surface area (Å²) in [7, 11) is 0. The van der Waals surface area contributed by atoms with Crippen molar-refractivity contribution in [3.05, 3.63) is 52.4 Å². The quantitative estimate of drug-likeness (QED) is 0.313. The fraction of sp³-hybridized carbons (Fsp3) is 0.235. The van der Waals surface area contributed by atoms with E-state index in [1.54, 1.807) is 0 Å². The number of aryl methyl sites for hydroxylation is 1. The van der Waals surface area contributed by atoms with Crippen LogP contribution in [0.1, 0.15) is 12.0 Å². The standard InChI is InChI=1S/C17H15ClO3/c1-11-7-17(19)21-16-10-13-8-14(20-6-2-5-18)4-3-12(13)9-15(11)16/h3-4,7-10H,2,5-6H2,1H3. The molecule has 2 aromatic carbocycles. The topological polar surface area (TPSA) is 39.4 Å². The molecular formula is C17H15ClO3.